The lowest BCUT2D eigenvalue weighted by molar-refractivity contribution is 0.972. The largest absolute Gasteiger partial charge is 0.119 e. The summed E-state index contributed by atoms with van der Waals surface area (Å²) < 4.78 is 0. The zero-order valence-corrected chi connectivity index (χ0v) is 6.65. The minimum absolute atomic E-state index is 0.0477. The Labute approximate surface area is 64.0 Å². The fourth-order valence-corrected chi connectivity index (χ4v) is 0.528. The van der Waals surface area contributed by atoms with E-state index in [1.54, 1.807) is 0 Å². The van der Waals surface area contributed by atoms with Crippen molar-refractivity contribution in [2.45, 2.75) is 26.7 Å². The summed E-state index contributed by atoms with van der Waals surface area (Å²) in [6.07, 6.45) is 9.17. The molecule has 0 amide bonds. The molecule has 1 unspecified atom stereocenters. The van der Waals surface area contributed by atoms with Crippen LogP contribution in [0.5, 0.6) is 0 Å². The van der Waals surface area contributed by atoms with Gasteiger partial charge < -0.3 is 0 Å². The topological polar surface area (TPSA) is 0 Å². The number of terminal acetylenes is 1. The maximum atomic E-state index is 5.18. The van der Waals surface area contributed by atoms with Gasteiger partial charge in [0.15, 0.2) is 0 Å². The molecule has 1 radical (unpaired) electrons. The van der Waals surface area contributed by atoms with Gasteiger partial charge in [0.1, 0.15) is 0 Å². The Morgan fingerprint density at radius 1 is 1.60 bits per heavy atom. The average molecular weight is 133 g/mol. The molecule has 0 N–H and O–H groups in total. The van der Waals surface area contributed by atoms with Crippen molar-refractivity contribution in [2.24, 2.45) is 5.92 Å². The van der Waals surface area contributed by atoms with Crippen LogP contribution in [-0.2, 0) is 0 Å². The second kappa shape index (κ2) is 6.24. The van der Waals surface area contributed by atoms with Gasteiger partial charge in [-0.15, -0.1) is 12.3 Å². The van der Waals surface area contributed by atoms with Crippen molar-refractivity contribution in [3.8, 4) is 24.2 Å². The first kappa shape index (κ1) is 9.12. The summed E-state index contributed by atoms with van der Waals surface area (Å²) in [6, 6.07) is 0. The molecule has 0 nitrogen and oxygen atoms in total. The third kappa shape index (κ3) is 4.04. The summed E-state index contributed by atoms with van der Waals surface area (Å²) in [5.41, 5.74) is 0. The van der Waals surface area contributed by atoms with E-state index in [1.807, 2.05) is 13.3 Å². The van der Waals surface area contributed by atoms with E-state index in [2.05, 4.69) is 24.7 Å². The third-order valence-electron chi connectivity index (χ3n) is 1.15. The molecule has 0 spiro atoms. The lowest BCUT2D eigenvalue weighted by Crippen LogP contribution is -1.89. The molecule has 0 heteroatoms. The van der Waals surface area contributed by atoms with Crippen LogP contribution in [-0.4, -0.2) is 0 Å². The summed E-state index contributed by atoms with van der Waals surface area (Å²) in [4.78, 5) is 0. The molecule has 0 aromatic carbocycles. The molecule has 0 bridgehead atoms. The van der Waals surface area contributed by atoms with Gasteiger partial charge in [-0.2, -0.15) is 0 Å². The molecule has 0 aliphatic carbocycles. The van der Waals surface area contributed by atoms with E-state index in [0.717, 1.165) is 12.8 Å². The van der Waals surface area contributed by atoms with Crippen molar-refractivity contribution in [1.29, 1.82) is 0 Å². The molecule has 1 atom stereocenters. The van der Waals surface area contributed by atoms with E-state index >= 15 is 0 Å². The highest BCUT2D eigenvalue weighted by atomic mass is 13.9. The summed E-state index contributed by atoms with van der Waals surface area (Å²) >= 11 is 0. The summed E-state index contributed by atoms with van der Waals surface area (Å²) in [7, 11) is 0. The molecule has 0 saturated heterocycles. The lowest BCUT2D eigenvalue weighted by atomic mass is 10.1. The van der Waals surface area contributed by atoms with E-state index in [-0.39, 0.29) is 5.92 Å². The van der Waals surface area contributed by atoms with Crippen LogP contribution in [0.1, 0.15) is 26.7 Å². The van der Waals surface area contributed by atoms with Gasteiger partial charge in [-0.1, -0.05) is 25.7 Å². The Morgan fingerprint density at radius 2 is 2.30 bits per heavy atom. The Balaban J connectivity index is 3.66. The van der Waals surface area contributed by atoms with Crippen LogP contribution in [0.3, 0.4) is 0 Å². The van der Waals surface area contributed by atoms with Crippen molar-refractivity contribution in [3.63, 3.8) is 0 Å². The minimum atomic E-state index is 0.0477. The molecule has 0 saturated carbocycles. The lowest BCUT2D eigenvalue weighted by Gasteiger charge is -1.92. The number of hydrogen-bond acceptors (Lipinski definition) is 0. The van der Waals surface area contributed by atoms with Gasteiger partial charge in [-0.05, 0) is 12.8 Å². The van der Waals surface area contributed by atoms with E-state index in [9.17, 15) is 0 Å². The highest BCUT2D eigenvalue weighted by Gasteiger charge is 1.92. The number of unbranched alkanes of at least 4 members (excludes halogenated alkanes) is 1. The van der Waals surface area contributed by atoms with Crippen molar-refractivity contribution >= 4 is 0 Å². The standard InChI is InChI=1S/C10H13/c1-4-7-8-9-10(5-2)6-3/h2,6,10H,4,7H2,1,3H3. The van der Waals surface area contributed by atoms with Crippen molar-refractivity contribution < 1.29 is 0 Å². The molecular formula is C10H13. The molecule has 0 aromatic rings. The monoisotopic (exact) mass is 133 g/mol. The maximum Gasteiger partial charge on any atom is 0.0837 e. The molecular weight excluding hydrogens is 120 g/mol. The molecule has 53 valence electrons. The first-order valence-electron chi connectivity index (χ1n) is 3.59. The second-order valence-corrected chi connectivity index (χ2v) is 2.05. The zero-order chi connectivity index (χ0) is 7.82. The highest BCUT2D eigenvalue weighted by molar-refractivity contribution is 5.18. The van der Waals surface area contributed by atoms with Crippen LogP contribution in [0, 0.1) is 36.5 Å². The summed E-state index contributed by atoms with van der Waals surface area (Å²) in [6.45, 7) is 4.04. The zero-order valence-electron chi connectivity index (χ0n) is 6.65. The first-order chi connectivity index (χ1) is 4.85. The number of hydrogen-bond donors (Lipinski definition) is 0. The van der Waals surface area contributed by atoms with Crippen LogP contribution in [0.25, 0.3) is 0 Å². The van der Waals surface area contributed by atoms with Crippen molar-refractivity contribution in [3.05, 3.63) is 6.42 Å². The van der Waals surface area contributed by atoms with Crippen LogP contribution >= 0.6 is 0 Å². The first-order valence-corrected chi connectivity index (χ1v) is 3.59. The molecule has 0 aliphatic heterocycles. The normalized spacial score (nSPS) is 10.9. The Morgan fingerprint density at radius 3 is 2.70 bits per heavy atom. The Hall–Kier alpha value is -0.880. The third-order valence-corrected chi connectivity index (χ3v) is 1.15. The van der Waals surface area contributed by atoms with E-state index < -0.39 is 0 Å². The van der Waals surface area contributed by atoms with Crippen LogP contribution in [0.2, 0.25) is 0 Å². The predicted molar refractivity (Wildman–Crippen MR) is 45.0 cm³/mol. The Kier molecular flexibility index (Phi) is 5.69. The van der Waals surface area contributed by atoms with Gasteiger partial charge in [-0.3, -0.25) is 0 Å². The quantitative estimate of drug-likeness (QED) is 0.507. The highest BCUT2D eigenvalue weighted by Crippen LogP contribution is 1.95. The maximum absolute atomic E-state index is 5.18. The molecule has 0 heterocycles. The van der Waals surface area contributed by atoms with Gasteiger partial charge in [-0.25, -0.2) is 0 Å². The Bertz CT molecular complexity index is 161. The predicted octanol–water partition coefficient (Wildman–Crippen LogP) is 2.26. The minimum Gasteiger partial charge on any atom is -0.119 e. The van der Waals surface area contributed by atoms with Crippen molar-refractivity contribution in [1.82, 2.24) is 0 Å². The van der Waals surface area contributed by atoms with Crippen LogP contribution in [0.4, 0.5) is 0 Å². The van der Waals surface area contributed by atoms with Crippen LogP contribution < -0.4 is 0 Å². The molecule has 0 aromatic heterocycles. The number of rotatable bonds is 2. The van der Waals surface area contributed by atoms with Crippen molar-refractivity contribution in [2.75, 3.05) is 0 Å². The molecule has 0 fully saturated rings. The van der Waals surface area contributed by atoms with Gasteiger partial charge >= 0.3 is 0 Å². The molecule has 10 heavy (non-hydrogen) atoms. The van der Waals surface area contributed by atoms with Crippen LogP contribution in [0.15, 0.2) is 0 Å². The fraction of sp³-hybridized carbons (Fsp3) is 0.500. The average Bonchev–Trinajstić information content (AvgIpc) is 1.99. The van der Waals surface area contributed by atoms with Gasteiger partial charge in [0, 0.05) is 6.42 Å². The summed E-state index contributed by atoms with van der Waals surface area (Å²) in [5.74, 6) is 8.62. The van der Waals surface area contributed by atoms with E-state index in [0.29, 0.717) is 0 Å². The van der Waals surface area contributed by atoms with Gasteiger partial charge in [0.2, 0.25) is 0 Å². The van der Waals surface area contributed by atoms with Gasteiger partial charge in [0.25, 0.3) is 0 Å². The fourth-order valence-electron chi connectivity index (χ4n) is 0.528. The SMILES string of the molecule is C#CC(C#CCCC)[CH]C. The smallest absolute Gasteiger partial charge is 0.0837 e. The molecule has 0 rings (SSSR count). The van der Waals surface area contributed by atoms with E-state index in [1.165, 1.54) is 0 Å². The molecule has 0 aliphatic rings. The van der Waals surface area contributed by atoms with Gasteiger partial charge in [0.05, 0.1) is 5.92 Å². The second-order valence-electron chi connectivity index (χ2n) is 2.05. The summed E-state index contributed by atoms with van der Waals surface area (Å²) in [5, 5.41) is 0. The van der Waals surface area contributed by atoms with E-state index in [4.69, 9.17) is 6.42 Å².